The first-order chi connectivity index (χ1) is 11.7. The fourth-order valence-corrected chi connectivity index (χ4v) is 3.14. The minimum absolute atomic E-state index is 0.243. The van der Waals surface area contributed by atoms with Crippen LogP contribution in [-0.2, 0) is 6.42 Å². The largest absolute Gasteiger partial charge is 0.497 e. The van der Waals surface area contributed by atoms with Crippen molar-refractivity contribution in [3.63, 3.8) is 0 Å². The summed E-state index contributed by atoms with van der Waals surface area (Å²) in [5.74, 6) is 1.74. The van der Waals surface area contributed by atoms with E-state index in [0.29, 0.717) is 18.2 Å². The first kappa shape index (κ1) is 17.1. The molecule has 1 heterocycles. The minimum atomic E-state index is -0.586. The second kappa shape index (κ2) is 7.88. The number of hydrogen-bond donors (Lipinski definition) is 2. The van der Waals surface area contributed by atoms with Gasteiger partial charge in [0.05, 0.1) is 19.8 Å². The molecule has 1 aliphatic rings. The number of aliphatic hydroxyl groups is 1. The molecule has 2 unspecified atom stereocenters. The van der Waals surface area contributed by atoms with Crippen LogP contribution in [0.5, 0.6) is 11.5 Å². The number of halogens is 1. The van der Waals surface area contributed by atoms with Gasteiger partial charge in [0.15, 0.2) is 0 Å². The topological polar surface area (TPSA) is 50.7 Å². The highest BCUT2D eigenvalue weighted by molar-refractivity contribution is 6.30. The maximum atomic E-state index is 10.4. The van der Waals surface area contributed by atoms with Crippen molar-refractivity contribution in [2.24, 2.45) is 0 Å². The van der Waals surface area contributed by atoms with Gasteiger partial charge in [-0.3, -0.25) is 0 Å². The molecular weight excluding hydrogens is 326 g/mol. The molecule has 4 nitrogen and oxygen atoms in total. The van der Waals surface area contributed by atoms with Gasteiger partial charge in [-0.2, -0.15) is 0 Å². The predicted molar refractivity (Wildman–Crippen MR) is 95.0 cm³/mol. The number of aliphatic hydroxyl groups excluding tert-OH is 1. The molecular formula is C19H22ClNO3. The van der Waals surface area contributed by atoms with E-state index in [-0.39, 0.29) is 6.04 Å². The van der Waals surface area contributed by atoms with Gasteiger partial charge >= 0.3 is 0 Å². The fourth-order valence-electron chi connectivity index (χ4n) is 2.95. The van der Waals surface area contributed by atoms with Gasteiger partial charge in [-0.05, 0) is 54.3 Å². The Morgan fingerprint density at radius 1 is 1.33 bits per heavy atom. The lowest BCUT2D eigenvalue weighted by atomic mass is 10.0. The Bertz CT molecular complexity index is 692. The van der Waals surface area contributed by atoms with Crippen molar-refractivity contribution >= 4 is 11.6 Å². The Kier molecular flexibility index (Phi) is 5.61. The van der Waals surface area contributed by atoms with Gasteiger partial charge in [-0.25, -0.2) is 0 Å². The highest BCUT2D eigenvalue weighted by Gasteiger charge is 2.19. The van der Waals surface area contributed by atoms with Gasteiger partial charge in [-0.15, -0.1) is 0 Å². The summed E-state index contributed by atoms with van der Waals surface area (Å²) in [7, 11) is 1.66. The monoisotopic (exact) mass is 347 g/mol. The summed E-state index contributed by atoms with van der Waals surface area (Å²) >= 11 is 5.98. The van der Waals surface area contributed by atoms with Crippen LogP contribution in [0.1, 0.15) is 23.7 Å². The van der Waals surface area contributed by atoms with Gasteiger partial charge in [-0.1, -0.05) is 23.7 Å². The zero-order valence-corrected chi connectivity index (χ0v) is 14.4. The highest BCUT2D eigenvalue weighted by atomic mass is 35.5. The third-order valence-electron chi connectivity index (χ3n) is 4.29. The molecule has 0 bridgehead atoms. The van der Waals surface area contributed by atoms with Crippen LogP contribution < -0.4 is 14.8 Å². The van der Waals surface area contributed by atoms with Crippen LogP contribution >= 0.6 is 11.6 Å². The summed E-state index contributed by atoms with van der Waals surface area (Å²) in [6.45, 7) is 1.13. The lowest BCUT2D eigenvalue weighted by Gasteiger charge is -2.19. The Morgan fingerprint density at radius 3 is 3.00 bits per heavy atom. The molecule has 2 aromatic rings. The average molecular weight is 348 g/mol. The first-order valence-electron chi connectivity index (χ1n) is 8.12. The number of hydrogen-bond acceptors (Lipinski definition) is 4. The van der Waals surface area contributed by atoms with Crippen molar-refractivity contribution in [3.05, 3.63) is 58.6 Å². The summed E-state index contributed by atoms with van der Waals surface area (Å²) in [6, 6.07) is 13.5. The van der Waals surface area contributed by atoms with E-state index in [4.69, 9.17) is 21.1 Å². The van der Waals surface area contributed by atoms with E-state index in [0.717, 1.165) is 35.5 Å². The lowest BCUT2D eigenvalue weighted by molar-refractivity contribution is 0.167. The molecule has 0 radical (unpaired) electrons. The summed E-state index contributed by atoms with van der Waals surface area (Å²) < 4.78 is 11.1. The van der Waals surface area contributed by atoms with E-state index >= 15 is 0 Å². The van der Waals surface area contributed by atoms with E-state index in [1.807, 2.05) is 30.3 Å². The van der Waals surface area contributed by atoms with E-state index in [2.05, 4.69) is 5.32 Å². The van der Waals surface area contributed by atoms with E-state index in [1.54, 1.807) is 19.2 Å². The van der Waals surface area contributed by atoms with Gasteiger partial charge < -0.3 is 19.9 Å². The highest BCUT2D eigenvalue weighted by Crippen LogP contribution is 2.28. The van der Waals surface area contributed by atoms with Crippen LogP contribution in [0.25, 0.3) is 0 Å². The minimum Gasteiger partial charge on any atom is -0.497 e. The van der Waals surface area contributed by atoms with E-state index in [1.165, 1.54) is 0 Å². The quantitative estimate of drug-likeness (QED) is 0.870. The van der Waals surface area contributed by atoms with Crippen LogP contribution in [-0.4, -0.2) is 31.4 Å². The summed E-state index contributed by atoms with van der Waals surface area (Å²) in [4.78, 5) is 0. The SMILES string of the molecule is COc1ccc2c(c1)CC(NCC(O)c1cccc(Cl)c1)CCO2. The van der Waals surface area contributed by atoms with Crippen LogP contribution in [0, 0.1) is 0 Å². The second-order valence-electron chi connectivity index (χ2n) is 5.99. The number of methoxy groups -OCH3 is 1. The van der Waals surface area contributed by atoms with Gasteiger partial charge in [0, 0.05) is 17.6 Å². The van der Waals surface area contributed by atoms with Crippen molar-refractivity contribution in [2.45, 2.75) is 25.0 Å². The normalized spacial score (nSPS) is 18.2. The Hall–Kier alpha value is -1.75. The molecule has 2 N–H and O–H groups in total. The van der Waals surface area contributed by atoms with Crippen molar-refractivity contribution in [1.82, 2.24) is 5.32 Å². The van der Waals surface area contributed by atoms with Gasteiger partial charge in [0.25, 0.3) is 0 Å². The van der Waals surface area contributed by atoms with Crippen molar-refractivity contribution in [1.29, 1.82) is 0 Å². The fraction of sp³-hybridized carbons (Fsp3) is 0.368. The molecule has 0 fully saturated rings. The summed E-state index contributed by atoms with van der Waals surface area (Å²) in [6.07, 6.45) is 1.14. The number of nitrogens with one attached hydrogen (secondary N) is 1. The second-order valence-corrected chi connectivity index (χ2v) is 6.43. The Balaban J connectivity index is 1.63. The molecule has 2 aromatic carbocycles. The molecule has 24 heavy (non-hydrogen) atoms. The standard InChI is InChI=1S/C19H22ClNO3/c1-23-17-5-6-19-14(11-17)10-16(7-8-24-19)21-12-18(22)13-3-2-4-15(20)9-13/h2-6,9,11,16,18,21-22H,7-8,10,12H2,1H3. The zero-order valence-electron chi connectivity index (χ0n) is 13.7. The molecule has 0 amide bonds. The van der Waals surface area contributed by atoms with Crippen molar-refractivity contribution in [2.75, 3.05) is 20.3 Å². The van der Waals surface area contributed by atoms with E-state index < -0.39 is 6.10 Å². The van der Waals surface area contributed by atoms with Gasteiger partial charge in [0.1, 0.15) is 11.5 Å². The first-order valence-corrected chi connectivity index (χ1v) is 8.50. The molecule has 1 aliphatic heterocycles. The van der Waals surface area contributed by atoms with Crippen LogP contribution in [0.2, 0.25) is 5.02 Å². The Labute approximate surface area is 147 Å². The summed E-state index contributed by atoms with van der Waals surface area (Å²) in [5, 5.41) is 14.4. The molecule has 0 aliphatic carbocycles. The third-order valence-corrected chi connectivity index (χ3v) is 4.53. The molecule has 128 valence electrons. The average Bonchev–Trinajstić information content (AvgIpc) is 2.80. The lowest BCUT2D eigenvalue weighted by Crippen LogP contribution is -2.34. The molecule has 0 spiro atoms. The molecule has 2 atom stereocenters. The van der Waals surface area contributed by atoms with Crippen LogP contribution in [0.3, 0.4) is 0 Å². The van der Waals surface area contributed by atoms with Crippen LogP contribution in [0.15, 0.2) is 42.5 Å². The molecule has 0 saturated heterocycles. The number of rotatable bonds is 5. The third kappa shape index (κ3) is 4.20. The summed E-state index contributed by atoms with van der Waals surface area (Å²) in [5.41, 5.74) is 1.95. The molecule has 0 saturated carbocycles. The number of ether oxygens (including phenoxy) is 2. The maximum Gasteiger partial charge on any atom is 0.122 e. The van der Waals surface area contributed by atoms with Crippen molar-refractivity contribution in [3.8, 4) is 11.5 Å². The molecule has 0 aromatic heterocycles. The number of benzene rings is 2. The van der Waals surface area contributed by atoms with Crippen molar-refractivity contribution < 1.29 is 14.6 Å². The van der Waals surface area contributed by atoms with Gasteiger partial charge in [0.2, 0.25) is 0 Å². The van der Waals surface area contributed by atoms with E-state index in [9.17, 15) is 5.11 Å². The van der Waals surface area contributed by atoms with Crippen LogP contribution in [0.4, 0.5) is 0 Å². The molecule has 3 rings (SSSR count). The number of fused-ring (bicyclic) bond motifs is 1. The Morgan fingerprint density at radius 2 is 2.21 bits per heavy atom. The predicted octanol–water partition coefficient (Wildman–Crippen LogP) is 3.37. The smallest absolute Gasteiger partial charge is 0.122 e. The zero-order chi connectivity index (χ0) is 16.9. The molecule has 5 heteroatoms. The maximum absolute atomic E-state index is 10.4.